The number of hydrogen-bond acceptors (Lipinski definition) is 5. The number of hydrogen-bond donors (Lipinski definition) is 2. The fourth-order valence-electron chi connectivity index (χ4n) is 2.95. The molecule has 0 saturated heterocycles. The maximum atomic E-state index is 12.6. The van der Waals surface area contributed by atoms with E-state index in [1.165, 1.54) is 12.1 Å². The molecule has 0 saturated carbocycles. The molecule has 0 spiro atoms. The Balaban J connectivity index is 1.63. The van der Waals surface area contributed by atoms with E-state index in [0.29, 0.717) is 17.3 Å². The van der Waals surface area contributed by atoms with Gasteiger partial charge in [-0.2, -0.15) is 0 Å². The third kappa shape index (κ3) is 5.23. The zero-order valence-corrected chi connectivity index (χ0v) is 18.2. The van der Waals surface area contributed by atoms with Gasteiger partial charge in [-0.3, -0.25) is 9.59 Å². The number of carbonyl (C=O) groups is 2. The molecule has 0 radical (unpaired) electrons. The SMILES string of the molecule is NS(=O)(=O)c1ccc(NC(=O)CSC(=O)N2CCCc3cccc(Cl)c32)c(Cl)c1. The summed E-state index contributed by atoms with van der Waals surface area (Å²) in [6.07, 6.45) is 1.66. The highest BCUT2D eigenvalue weighted by atomic mass is 35.5. The molecule has 0 fully saturated rings. The number of fused-ring (bicyclic) bond motifs is 1. The summed E-state index contributed by atoms with van der Waals surface area (Å²) in [7, 11) is -3.89. The fourth-order valence-corrected chi connectivity index (χ4v) is 4.75. The first-order valence-corrected chi connectivity index (χ1v) is 11.8. The van der Waals surface area contributed by atoms with Crippen molar-refractivity contribution in [2.75, 3.05) is 22.5 Å². The quantitative estimate of drug-likeness (QED) is 0.699. The second kappa shape index (κ2) is 8.93. The molecule has 1 heterocycles. The highest BCUT2D eigenvalue weighted by molar-refractivity contribution is 8.14. The van der Waals surface area contributed by atoms with Crippen LogP contribution in [0.2, 0.25) is 10.0 Å². The van der Waals surface area contributed by atoms with Gasteiger partial charge in [-0.25, -0.2) is 13.6 Å². The lowest BCUT2D eigenvalue weighted by molar-refractivity contribution is -0.113. The molecular formula is C18H17Cl2N3O4S2. The van der Waals surface area contributed by atoms with Crippen LogP contribution in [-0.4, -0.2) is 31.9 Å². The largest absolute Gasteiger partial charge is 0.324 e. The van der Waals surface area contributed by atoms with Gasteiger partial charge in [0.2, 0.25) is 15.9 Å². The van der Waals surface area contributed by atoms with Crippen LogP contribution in [0.5, 0.6) is 0 Å². The number of primary sulfonamides is 1. The van der Waals surface area contributed by atoms with Crippen molar-refractivity contribution in [1.29, 1.82) is 0 Å². The van der Waals surface area contributed by atoms with Crippen LogP contribution >= 0.6 is 35.0 Å². The Kier molecular flexibility index (Phi) is 6.75. The van der Waals surface area contributed by atoms with Crippen LogP contribution in [0.4, 0.5) is 16.2 Å². The minimum atomic E-state index is -3.89. The Labute approximate surface area is 182 Å². The molecule has 154 valence electrons. The number of benzene rings is 2. The highest BCUT2D eigenvalue weighted by Crippen LogP contribution is 2.35. The van der Waals surface area contributed by atoms with Crippen LogP contribution in [0.25, 0.3) is 0 Å². The first kappa shape index (κ1) is 21.9. The van der Waals surface area contributed by atoms with Gasteiger partial charge in [0.05, 0.1) is 32.1 Å². The molecule has 0 atom stereocenters. The third-order valence-corrected chi connectivity index (χ3v) is 6.66. The van der Waals surface area contributed by atoms with Gasteiger partial charge < -0.3 is 10.2 Å². The average molecular weight is 474 g/mol. The molecule has 2 amide bonds. The third-order valence-electron chi connectivity index (χ3n) is 4.26. The predicted octanol–water partition coefficient (Wildman–Crippen LogP) is 3.89. The number of thioether (sulfide) groups is 1. The Morgan fingerprint density at radius 2 is 1.93 bits per heavy atom. The summed E-state index contributed by atoms with van der Waals surface area (Å²) in [4.78, 5) is 26.3. The molecule has 3 rings (SSSR count). The number of sulfonamides is 1. The number of nitrogens with one attached hydrogen (secondary N) is 1. The molecule has 2 aromatic rings. The van der Waals surface area contributed by atoms with Gasteiger partial charge in [0, 0.05) is 6.54 Å². The lowest BCUT2D eigenvalue weighted by Gasteiger charge is -2.29. The molecule has 7 nitrogen and oxygen atoms in total. The first-order valence-electron chi connectivity index (χ1n) is 8.50. The molecule has 0 aromatic heterocycles. The maximum absolute atomic E-state index is 12.6. The molecule has 0 bridgehead atoms. The Hall–Kier alpha value is -1.78. The lowest BCUT2D eigenvalue weighted by Crippen LogP contribution is -2.33. The van der Waals surface area contributed by atoms with Gasteiger partial charge in [0.1, 0.15) is 0 Å². The van der Waals surface area contributed by atoms with E-state index in [2.05, 4.69) is 5.32 Å². The summed E-state index contributed by atoms with van der Waals surface area (Å²) >= 11 is 13.1. The number of para-hydroxylation sites is 1. The van der Waals surface area contributed by atoms with Crippen molar-refractivity contribution in [3.05, 3.63) is 52.0 Å². The van der Waals surface area contributed by atoms with Crippen molar-refractivity contribution in [3.8, 4) is 0 Å². The van der Waals surface area contributed by atoms with Crippen molar-refractivity contribution in [2.45, 2.75) is 17.7 Å². The van der Waals surface area contributed by atoms with E-state index in [0.717, 1.165) is 36.2 Å². The zero-order valence-electron chi connectivity index (χ0n) is 15.0. The van der Waals surface area contributed by atoms with Gasteiger partial charge in [0.25, 0.3) is 5.24 Å². The molecule has 29 heavy (non-hydrogen) atoms. The van der Waals surface area contributed by atoms with Gasteiger partial charge in [-0.15, -0.1) is 0 Å². The van der Waals surface area contributed by atoms with Crippen molar-refractivity contribution < 1.29 is 18.0 Å². The predicted molar refractivity (Wildman–Crippen MR) is 116 cm³/mol. The average Bonchev–Trinajstić information content (AvgIpc) is 2.66. The molecule has 3 N–H and O–H groups in total. The summed E-state index contributed by atoms with van der Waals surface area (Å²) < 4.78 is 22.7. The number of nitrogens with two attached hydrogens (primary N) is 1. The summed E-state index contributed by atoms with van der Waals surface area (Å²) in [6.45, 7) is 0.533. The fraction of sp³-hybridized carbons (Fsp3) is 0.222. The summed E-state index contributed by atoms with van der Waals surface area (Å²) in [5, 5.41) is 7.85. The molecule has 1 aliphatic heterocycles. The number of rotatable bonds is 4. The Bertz CT molecular complexity index is 1080. The molecule has 1 aliphatic rings. The standard InChI is InChI=1S/C18H17Cl2N3O4S2/c19-13-5-1-3-11-4-2-8-23(17(11)13)18(25)28-10-16(24)22-15-7-6-12(9-14(15)20)29(21,26)27/h1,3,5-7,9H,2,4,8,10H2,(H,22,24)(H2,21,26,27). The molecule has 2 aromatic carbocycles. The Morgan fingerprint density at radius 3 is 2.62 bits per heavy atom. The summed E-state index contributed by atoms with van der Waals surface area (Å²) in [5.41, 5.74) is 1.92. The van der Waals surface area contributed by atoms with Crippen LogP contribution in [0.15, 0.2) is 41.3 Å². The van der Waals surface area contributed by atoms with Crippen LogP contribution in [0.1, 0.15) is 12.0 Å². The topological polar surface area (TPSA) is 110 Å². The normalized spacial score (nSPS) is 13.7. The number of amides is 2. The molecule has 0 aliphatic carbocycles. The summed E-state index contributed by atoms with van der Waals surface area (Å²) in [6, 6.07) is 9.24. The van der Waals surface area contributed by atoms with Crippen LogP contribution < -0.4 is 15.4 Å². The van der Waals surface area contributed by atoms with E-state index in [1.54, 1.807) is 11.0 Å². The van der Waals surface area contributed by atoms with E-state index < -0.39 is 15.9 Å². The van der Waals surface area contributed by atoms with E-state index >= 15 is 0 Å². The minimum Gasteiger partial charge on any atom is -0.324 e. The van der Waals surface area contributed by atoms with E-state index in [9.17, 15) is 18.0 Å². The molecule has 11 heteroatoms. The van der Waals surface area contributed by atoms with Crippen molar-refractivity contribution >= 4 is 67.5 Å². The van der Waals surface area contributed by atoms with Crippen LogP contribution in [-0.2, 0) is 21.2 Å². The minimum absolute atomic E-state index is 0.0259. The van der Waals surface area contributed by atoms with Crippen LogP contribution in [0.3, 0.4) is 0 Å². The molecular weight excluding hydrogens is 457 g/mol. The van der Waals surface area contributed by atoms with Gasteiger partial charge in [0.15, 0.2) is 0 Å². The maximum Gasteiger partial charge on any atom is 0.286 e. The number of nitrogens with zero attached hydrogens (tertiary/aromatic N) is 1. The van der Waals surface area contributed by atoms with Crippen molar-refractivity contribution in [1.82, 2.24) is 0 Å². The van der Waals surface area contributed by atoms with Gasteiger partial charge in [-0.1, -0.05) is 47.1 Å². The number of aryl methyl sites for hydroxylation is 1. The lowest BCUT2D eigenvalue weighted by atomic mass is 10.0. The highest BCUT2D eigenvalue weighted by Gasteiger charge is 2.25. The smallest absolute Gasteiger partial charge is 0.286 e. The first-order chi connectivity index (χ1) is 13.7. The second-order valence-corrected chi connectivity index (χ2v) is 9.59. The van der Waals surface area contributed by atoms with Gasteiger partial charge in [-0.05, 0) is 42.7 Å². The second-order valence-electron chi connectivity index (χ2n) is 6.29. The van der Waals surface area contributed by atoms with E-state index in [1.807, 2.05) is 12.1 Å². The van der Waals surface area contributed by atoms with E-state index in [-0.39, 0.29) is 26.6 Å². The monoisotopic (exact) mass is 473 g/mol. The van der Waals surface area contributed by atoms with Crippen molar-refractivity contribution in [2.24, 2.45) is 5.14 Å². The van der Waals surface area contributed by atoms with Crippen molar-refractivity contribution in [3.63, 3.8) is 0 Å². The Morgan fingerprint density at radius 1 is 1.17 bits per heavy atom. The zero-order chi connectivity index (χ0) is 21.2. The van der Waals surface area contributed by atoms with Gasteiger partial charge >= 0.3 is 0 Å². The summed E-state index contributed by atoms with van der Waals surface area (Å²) in [5.74, 6) is -0.590. The van der Waals surface area contributed by atoms with E-state index in [4.69, 9.17) is 28.3 Å². The number of halogens is 2. The number of carbonyl (C=O) groups excluding carboxylic acids is 2. The van der Waals surface area contributed by atoms with Crippen LogP contribution in [0, 0.1) is 0 Å². The molecule has 0 unspecified atom stereocenters. The number of anilines is 2.